The number of halogens is 4. The van der Waals surface area contributed by atoms with Gasteiger partial charge in [0, 0.05) is 37.0 Å². The van der Waals surface area contributed by atoms with Gasteiger partial charge in [0.25, 0.3) is 0 Å². The summed E-state index contributed by atoms with van der Waals surface area (Å²) in [4.78, 5) is 97.4. The maximum Gasteiger partial charge on any atom is 0.407 e. The van der Waals surface area contributed by atoms with Gasteiger partial charge in [-0.2, -0.15) is 13.2 Å². The van der Waals surface area contributed by atoms with E-state index in [-0.39, 0.29) is 57.4 Å². The second kappa shape index (κ2) is 24.2. The number of piperidine rings is 1. The number of hydrogen-bond acceptors (Lipinski definition) is 10. The number of likely N-dealkylation sites (N-methyl/N-ethyl adjacent to an activating group) is 1. The molecule has 5 atom stereocenters. The van der Waals surface area contributed by atoms with Gasteiger partial charge in [-0.1, -0.05) is 121 Å². The number of carboxylic acid groups (broad SMARTS) is 1. The lowest BCUT2D eigenvalue weighted by molar-refractivity contribution is -0.166. The quantitative estimate of drug-likeness (QED) is 0.0454. The molecule has 0 saturated carbocycles. The summed E-state index contributed by atoms with van der Waals surface area (Å²) in [5.74, 6) is -8.01. The molecule has 0 bridgehead atoms. The Kier molecular flexibility index (Phi) is 17.4. The SMILES string of the molecule is CC(NC(=O)OCC1c2ccccc2-c2ccccc21)C(=O)NC(COC(=O)C(C)NC(=O)OCC1c2ccccc2-c2ccccc21)C(=O)N(C)[C@@]1(Cc2ccc(Cl)cc2)CCCN(C(=O)C(CC(=O)O)CC(F)(F)F)C1. The van der Waals surface area contributed by atoms with Gasteiger partial charge in [0.1, 0.15) is 37.9 Å². The number of likely N-dealkylation sites (tertiary alicyclic amines) is 1. The van der Waals surface area contributed by atoms with E-state index in [1.165, 1.54) is 25.8 Å². The first-order chi connectivity index (χ1) is 37.2. The van der Waals surface area contributed by atoms with Crippen LogP contribution in [-0.4, -0.2) is 127 Å². The van der Waals surface area contributed by atoms with Crippen molar-refractivity contribution in [3.8, 4) is 22.3 Å². The summed E-state index contributed by atoms with van der Waals surface area (Å²) in [5.41, 5.74) is 7.08. The number of aliphatic carboxylic acids is 1. The van der Waals surface area contributed by atoms with E-state index in [0.29, 0.717) is 10.6 Å². The number of hydrogen-bond donors (Lipinski definition) is 4. The number of nitrogens with zero attached hydrogens (tertiary/aromatic N) is 2. The summed E-state index contributed by atoms with van der Waals surface area (Å²) in [6.45, 7) is 1.32. The molecular weight excluding hydrogens is 1040 g/mol. The summed E-state index contributed by atoms with van der Waals surface area (Å²) in [5, 5.41) is 17.4. The van der Waals surface area contributed by atoms with Crippen LogP contribution in [0.1, 0.15) is 79.2 Å². The molecule has 1 aliphatic heterocycles. The average Bonchev–Trinajstić information content (AvgIpc) is 4.05. The van der Waals surface area contributed by atoms with Crippen molar-refractivity contribution in [2.75, 3.05) is 40.0 Å². The molecule has 4 unspecified atom stereocenters. The molecule has 3 aliphatic rings. The van der Waals surface area contributed by atoms with Crippen molar-refractivity contribution in [1.82, 2.24) is 25.8 Å². The van der Waals surface area contributed by atoms with Crippen LogP contribution in [0, 0.1) is 5.92 Å². The van der Waals surface area contributed by atoms with Gasteiger partial charge < -0.3 is 45.1 Å². The molecule has 0 radical (unpaired) electrons. The fourth-order valence-electron chi connectivity index (χ4n) is 10.8. The number of esters is 1. The third-order valence-electron chi connectivity index (χ3n) is 14.7. The highest BCUT2D eigenvalue weighted by atomic mass is 35.5. The van der Waals surface area contributed by atoms with Crippen LogP contribution in [0.2, 0.25) is 5.02 Å². The number of amides is 5. The van der Waals surface area contributed by atoms with E-state index in [4.69, 9.17) is 25.8 Å². The topological polar surface area (TPSA) is 210 Å². The Morgan fingerprint density at radius 3 is 1.65 bits per heavy atom. The van der Waals surface area contributed by atoms with E-state index < -0.39 is 97.1 Å². The number of fused-ring (bicyclic) bond motifs is 6. The third-order valence-corrected chi connectivity index (χ3v) is 15.0. The zero-order valence-corrected chi connectivity index (χ0v) is 43.8. The highest BCUT2D eigenvalue weighted by Gasteiger charge is 2.47. The number of alkyl halides is 3. The number of rotatable bonds is 19. The minimum Gasteiger partial charge on any atom is -0.481 e. The molecule has 1 saturated heterocycles. The smallest absolute Gasteiger partial charge is 0.407 e. The summed E-state index contributed by atoms with van der Waals surface area (Å²) in [7, 11) is 1.37. The molecule has 20 heteroatoms. The molecule has 4 N–H and O–H groups in total. The van der Waals surface area contributed by atoms with Crippen molar-refractivity contribution >= 4 is 53.4 Å². The van der Waals surface area contributed by atoms with Gasteiger partial charge in [0.05, 0.1) is 24.3 Å². The number of carboxylic acids is 1. The number of carbonyl (C=O) groups is 7. The van der Waals surface area contributed by atoms with E-state index in [2.05, 4.69) is 16.0 Å². The van der Waals surface area contributed by atoms with Gasteiger partial charge in [-0.25, -0.2) is 14.4 Å². The van der Waals surface area contributed by atoms with Crippen molar-refractivity contribution in [3.63, 3.8) is 0 Å². The first-order valence-electron chi connectivity index (χ1n) is 25.5. The Balaban J connectivity index is 0.991. The third kappa shape index (κ3) is 13.1. The lowest BCUT2D eigenvalue weighted by Crippen LogP contribution is -2.65. The maximum absolute atomic E-state index is 15.1. The summed E-state index contributed by atoms with van der Waals surface area (Å²) in [6.07, 6.45) is -9.20. The van der Waals surface area contributed by atoms with Gasteiger partial charge >= 0.3 is 30.3 Å². The summed E-state index contributed by atoms with van der Waals surface area (Å²) >= 11 is 6.21. The second-order valence-electron chi connectivity index (χ2n) is 20.0. The molecule has 78 heavy (non-hydrogen) atoms. The average molecular weight is 1090 g/mol. The summed E-state index contributed by atoms with van der Waals surface area (Å²) in [6, 6.07) is 33.1. The maximum atomic E-state index is 15.1. The normalized spacial score (nSPS) is 17.1. The first kappa shape index (κ1) is 56.3. The molecule has 410 valence electrons. The minimum atomic E-state index is -4.87. The van der Waals surface area contributed by atoms with E-state index in [1.54, 1.807) is 24.3 Å². The zero-order valence-electron chi connectivity index (χ0n) is 43.0. The molecule has 5 amide bonds. The van der Waals surface area contributed by atoms with Crippen molar-refractivity contribution in [1.29, 1.82) is 0 Å². The van der Waals surface area contributed by atoms with E-state index in [0.717, 1.165) is 49.4 Å². The largest absolute Gasteiger partial charge is 0.481 e. The van der Waals surface area contributed by atoms with Crippen molar-refractivity contribution < 1.29 is 66.1 Å². The standard InChI is InChI=1S/C58H59ClF3N5O11/c1-34(63-55(74)77-30-47-43-17-8-4-13-39(43)40-14-5-9-18-44(40)47)51(70)65-49(32-76-54(73)35(2)64-56(75)78-31-48-45-19-10-6-15-41(45)42-16-7-11-20-46(42)48)53(72)66(3)57(28-36-21-23-38(59)24-22-36)25-12-26-67(33-57)52(71)37(27-50(68)69)29-58(60,61)62/h4-11,13-24,34-35,37,47-49H,12,25-33H2,1-3H3,(H,63,74)(H,64,75)(H,65,70)(H,68,69)/t34?,35?,37?,49?,57-/m1/s1. The number of nitrogens with one attached hydrogen (secondary N) is 3. The zero-order chi connectivity index (χ0) is 55.9. The predicted octanol–water partition coefficient (Wildman–Crippen LogP) is 8.63. The van der Waals surface area contributed by atoms with E-state index in [9.17, 15) is 47.0 Å². The lowest BCUT2D eigenvalue weighted by atomic mass is 9.80. The van der Waals surface area contributed by atoms with Gasteiger partial charge in [0.15, 0.2) is 0 Å². The molecule has 8 rings (SSSR count). The molecule has 5 aromatic carbocycles. The highest BCUT2D eigenvalue weighted by molar-refractivity contribution is 6.30. The van der Waals surface area contributed by atoms with Crippen LogP contribution in [0.4, 0.5) is 22.8 Å². The van der Waals surface area contributed by atoms with Gasteiger partial charge in [-0.3, -0.25) is 19.2 Å². The predicted molar refractivity (Wildman–Crippen MR) is 281 cm³/mol. The van der Waals surface area contributed by atoms with Crippen LogP contribution in [-0.2, 0) is 44.6 Å². The highest BCUT2D eigenvalue weighted by Crippen LogP contribution is 2.46. The second-order valence-corrected chi connectivity index (χ2v) is 20.4. The molecular formula is C58H59ClF3N5O11. The minimum absolute atomic E-state index is 0.000343. The van der Waals surface area contributed by atoms with Crippen LogP contribution in [0.15, 0.2) is 121 Å². The Morgan fingerprint density at radius 1 is 0.705 bits per heavy atom. The Bertz CT molecular complexity index is 2980. The van der Waals surface area contributed by atoms with Crippen LogP contribution in [0.25, 0.3) is 22.3 Å². The van der Waals surface area contributed by atoms with Crippen molar-refractivity contribution in [2.24, 2.45) is 5.92 Å². The molecule has 5 aromatic rings. The summed E-state index contributed by atoms with van der Waals surface area (Å²) < 4.78 is 58.2. The van der Waals surface area contributed by atoms with Crippen molar-refractivity contribution in [3.05, 3.63) is 154 Å². The fraction of sp³-hybridized carbons (Fsp3) is 0.362. The van der Waals surface area contributed by atoms with Crippen LogP contribution >= 0.6 is 11.6 Å². The Labute approximate surface area is 453 Å². The Morgan fingerprint density at radius 2 is 1.18 bits per heavy atom. The van der Waals surface area contributed by atoms with Crippen LogP contribution in [0.3, 0.4) is 0 Å². The fourth-order valence-corrected chi connectivity index (χ4v) is 10.9. The molecule has 16 nitrogen and oxygen atoms in total. The van der Waals surface area contributed by atoms with Crippen LogP contribution in [0.5, 0.6) is 0 Å². The molecule has 1 heterocycles. The van der Waals surface area contributed by atoms with E-state index in [1.807, 2.05) is 97.1 Å². The van der Waals surface area contributed by atoms with Crippen molar-refractivity contribution in [2.45, 2.75) is 87.6 Å². The van der Waals surface area contributed by atoms with E-state index >= 15 is 4.79 Å². The van der Waals surface area contributed by atoms with Gasteiger partial charge in [-0.05, 0) is 95.3 Å². The number of ether oxygens (including phenoxy) is 3. The number of benzene rings is 5. The molecule has 0 aromatic heterocycles. The van der Waals surface area contributed by atoms with Gasteiger partial charge in [-0.15, -0.1) is 0 Å². The van der Waals surface area contributed by atoms with Gasteiger partial charge in [0.2, 0.25) is 17.7 Å². The number of alkyl carbamates (subject to hydrolysis) is 2. The molecule has 1 fully saturated rings. The number of carbonyl (C=O) groups excluding carboxylic acids is 6. The first-order valence-corrected chi connectivity index (χ1v) is 25.9. The van der Waals surface area contributed by atoms with Crippen LogP contribution < -0.4 is 16.0 Å². The molecule has 0 spiro atoms. The lowest BCUT2D eigenvalue weighted by Gasteiger charge is -2.49. The molecule has 2 aliphatic carbocycles. The monoisotopic (exact) mass is 1090 g/mol. The Hall–Kier alpha value is -7.93.